The summed E-state index contributed by atoms with van der Waals surface area (Å²) in [4.78, 5) is 14.9. The molecule has 0 aromatic heterocycles. The molecule has 3 aromatic rings. The molecule has 0 N–H and O–H groups in total. The first kappa shape index (κ1) is 16.5. The zero-order chi connectivity index (χ0) is 17.5. The van der Waals surface area contributed by atoms with Crippen molar-refractivity contribution >= 4 is 11.6 Å². The maximum absolute atomic E-state index is 13.1. The number of nitrogens with zero attached hydrogens (tertiary/aromatic N) is 2. The van der Waals surface area contributed by atoms with Gasteiger partial charge in [-0.2, -0.15) is 5.26 Å². The highest BCUT2D eigenvalue weighted by Gasteiger charge is 2.18. The van der Waals surface area contributed by atoms with E-state index in [4.69, 9.17) is 5.26 Å². The second kappa shape index (κ2) is 7.94. The van der Waals surface area contributed by atoms with E-state index in [1.54, 1.807) is 17.0 Å². The second-order valence-corrected chi connectivity index (χ2v) is 5.75. The number of hydrogen-bond donors (Lipinski definition) is 0. The molecule has 0 heterocycles. The van der Waals surface area contributed by atoms with Gasteiger partial charge >= 0.3 is 0 Å². The summed E-state index contributed by atoms with van der Waals surface area (Å²) in [6.45, 7) is 0.492. The number of hydrogen-bond acceptors (Lipinski definition) is 2. The highest BCUT2D eigenvalue weighted by Crippen LogP contribution is 2.20. The number of anilines is 1. The standard InChI is InChI=1S/C22H18N2O/c23-15-14-18-10-7-11-20(16-18)22(25)24(21-12-5-2-6-13-21)17-19-8-3-1-4-9-19/h1-13,16H,14,17H2. The lowest BCUT2D eigenvalue weighted by atomic mass is 10.1. The average Bonchev–Trinajstić information content (AvgIpc) is 2.68. The van der Waals surface area contributed by atoms with E-state index in [0.29, 0.717) is 18.5 Å². The minimum absolute atomic E-state index is 0.0742. The molecule has 25 heavy (non-hydrogen) atoms. The van der Waals surface area contributed by atoms with Crippen molar-refractivity contribution in [2.75, 3.05) is 4.90 Å². The minimum Gasteiger partial charge on any atom is -0.304 e. The normalized spacial score (nSPS) is 10.0. The van der Waals surface area contributed by atoms with Gasteiger partial charge in [0.2, 0.25) is 0 Å². The van der Waals surface area contributed by atoms with Crippen LogP contribution in [0, 0.1) is 11.3 Å². The third-order valence-electron chi connectivity index (χ3n) is 3.95. The van der Waals surface area contributed by atoms with E-state index in [1.165, 1.54) is 0 Å². The van der Waals surface area contributed by atoms with E-state index in [-0.39, 0.29) is 5.91 Å². The predicted octanol–water partition coefficient (Wildman–Crippen LogP) is 4.60. The van der Waals surface area contributed by atoms with Crippen molar-refractivity contribution in [3.63, 3.8) is 0 Å². The number of carbonyl (C=O) groups excluding carboxylic acids is 1. The van der Waals surface area contributed by atoms with E-state index < -0.39 is 0 Å². The van der Waals surface area contributed by atoms with E-state index in [2.05, 4.69) is 6.07 Å². The Morgan fingerprint density at radius 1 is 0.840 bits per heavy atom. The van der Waals surface area contributed by atoms with Gasteiger partial charge in [0, 0.05) is 11.3 Å². The van der Waals surface area contributed by atoms with Crippen LogP contribution in [0.2, 0.25) is 0 Å². The quantitative estimate of drug-likeness (QED) is 0.688. The Kier molecular flexibility index (Phi) is 5.23. The number of amides is 1. The van der Waals surface area contributed by atoms with E-state index in [1.807, 2.05) is 72.8 Å². The van der Waals surface area contributed by atoms with Crippen molar-refractivity contribution < 1.29 is 4.79 Å². The van der Waals surface area contributed by atoms with Crippen molar-refractivity contribution in [1.82, 2.24) is 0 Å². The molecule has 0 saturated carbocycles. The summed E-state index contributed by atoms with van der Waals surface area (Å²) in [7, 11) is 0. The zero-order valence-electron chi connectivity index (χ0n) is 13.8. The van der Waals surface area contributed by atoms with Crippen LogP contribution in [0.25, 0.3) is 0 Å². The topological polar surface area (TPSA) is 44.1 Å². The fourth-order valence-corrected chi connectivity index (χ4v) is 2.72. The summed E-state index contributed by atoms with van der Waals surface area (Å²) >= 11 is 0. The van der Waals surface area contributed by atoms with Crippen LogP contribution >= 0.6 is 0 Å². The molecule has 0 saturated heterocycles. The van der Waals surface area contributed by atoms with Gasteiger partial charge in [0.05, 0.1) is 19.0 Å². The van der Waals surface area contributed by atoms with Crippen LogP contribution in [0.15, 0.2) is 84.9 Å². The number of rotatable bonds is 5. The lowest BCUT2D eigenvalue weighted by molar-refractivity contribution is 0.0985. The van der Waals surface area contributed by atoms with Crippen molar-refractivity contribution in [3.05, 3.63) is 102 Å². The van der Waals surface area contributed by atoms with E-state index in [0.717, 1.165) is 16.8 Å². The van der Waals surface area contributed by atoms with Crippen molar-refractivity contribution in [2.45, 2.75) is 13.0 Å². The maximum atomic E-state index is 13.1. The molecule has 0 aliphatic rings. The SMILES string of the molecule is N#CCc1cccc(C(=O)N(Cc2ccccc2)c2ccccc2)c1. The fraction of sp³-hybridized carbons (Fsp3) is 0.0909. The molecule has 122 valence electrons. The molecule has 0 fully saturated rings. The summed E-state index contributed by atoms with van der Waals surface area (Å²) in [6, 6.07) is 29.0. The monoisotopic (exact) mass is 326 g/mol. The highest BCUT2D eigenvalue weighted by atomic mass is 16.2. The number of carbonyl (C=O) groups is 1. The summed E-state index contributed by atoms with van der Waals surface area (Å²) in [5.74, 6) is -0.0742. The molecule has 3 aromatic carbocycles. The lowest BCUT2D eigenvalue weighted by Crippen LogP contribution is -2.30. The Labute approximate surface area is 147 Å². The van der Waals surface area contributed by atoms with Crippen LogP contribution in [-0.2, 0) is 13.0 Å². The molecule has 1 amide bonds. The number of benzene rings is 3. The van der Waals surface area contributed by atoms with E-state index >= 15 is 0 Å². The molecule has 3 rings (SSSR count). The summed E-state index contributed by atoms with van der Waals surface area (Å²) in [5.41, 5.74) is 3.35. The van der Waals surface area contributed by atoms with Crippen LogP contribution in [0.5, 0.6) is 0 Å². The Morgan fingerprint density at radius 2 is 1.48 bits per heavy atom. The molecule has 3 nitrogen and oxygen atoms in total. The molecule has 0 bridgehead atoms. The summed E-state index contributed by atoms with van der Waals surface area (Å²) in [5, 5.41) is 8.89. The molecular formula is C22H18N2O. The highest BCUT2D eigenvalue weighted by molar-refractivity contribution is 6.06. The molecule has 0 unspecified atom stereocenters. The Morgan fingerprint density at radius 3 is 2.16 bits per heavy atom. The first-order valence-corrected chi connectivity index (χ1v) is 8.14. The van der Waals surface area contributed by atoms with Gasteiger partial charge in [0.25, 0.3) is 5.91 Å². The van der Waals surface area contributed by atoms with Crippen molar-refractivity contribution in [3.8, 4) is 6.07 Å². The lowest BCUT2D eigenvalue weighted by Gasteiger charge is -2.23. The van der Waals surface area contributed by atoms with E-state index in [9.17, 15) is 4.79 Å². The van der Waals surface area contributed by atoms with Gasteiger partial charge in [0.15, 0.2) is 0 Å². The minimum atomic E-state index is -0.0742. The van der Waals surface area contributed by atoms with Gasteiger partial charge in [-0.05, 0) is 35.4 Å². The predicted molar refractivity (Wildman–Crippen MR) is 99.2 cm³/mol. The smallest absolute Gasteiger partial charge is 0.258 e. The Hall–Kier alpha value is -3.38. The largest absolute Gasteiger partial charge is 0.304 e. The van der Waals surface area contributed by atoms with Gasteiger partial charge in [-0.3, -0.25) is 4.79 Å². The Balaban J connectivity index is 1.95. The molecule has 0 atom stereocenters. The Bertz CT molecular complexity index is 883. The molecule has 0 aliphatic heterocycles. The average molecular weight is 326 g/mol. The van der Waals surface area contributed by atoms with Crippen molar-refractivity contribution in [2.24, 2.45) is 0 Å². The van der Waals surface area contributed by atoms with Gasteiger partial charge in [-0.25, -0.2) is 0 Å². The maximum Gasteiger partial charge on any atom is 0.258 e. The second-order valence-electron chi connectivity index (χ2n) is 5.75. The van der Waals surface area contributed by atoms with Crippen LogP contribution in [0.4, 0.5) is 5.69 Å². The third kappa shape index (κ3) is 4.13. The number of para-hydroxylation sites is 1. The molecule has 3 heteroatoms. The third-order valence-corrected chi connectivity index (χ3v) is 3.95. The summed E-state index contributed by atoms with van der Waals surface area (Å²) < 4.78 is 0. The first-order chi connectivity index (χ1) is 12.3. The van der Waals surface area contributed by atoms with Crippen molar-refractivity contribution in [1.29, 1.82) is 5.26 Å². The fourth-order valence-electron chi connectivity index (χ4n) is 2.72. The van der Waals surface area contributed by atoms with Crippen LogP contribution < -0.4 is 4.90 Å². The number of nitriles is 1. The van der Waals surface area contributed by atoms with Gasteiger partial charge in [0.1, 0.15) is 0 Å². The van der Waals surface area contributed by atoms with Crippen LogP contribution in [0.1, 0.15) is 21.5 Å². The van der Waals surface area contributed by atoms with Crippen LogP contribution in [-0.4, -0.2) is 5.91 Å². The molecular weight excluding hydrogens is 308 g/mol. The molecule has 0 spiro atoms. The first-order valence-electron chi connectivity index (χ1n) is 8.14. The molecule has 0 radical (unpaired) electrons. The van der Waals surface area contributed by atoms with Gasteiger partial charge in [-0.1, -0.05) is 60.7 Å². The van der Waals surface area contributed by atoms with Gasteiger partial charge < -0.3 is 4.90 Å². The van der Waals surface area contributed by atoms with Crippen LogP contribution in [0.3, 0.4) is 0 Å². The van der Waals surface area contributed by atoms with Gasteiger partial charge in [-0.15, -0.1) is 0 Å². The summed E-state index contributed by atoms with van der Waals surface area (Å²) in [6.07, 6.45) is 0.297. The zero-order valence-corrected chi connectivity index (χ0v) is 13.8. The molecule has 0 aliphatic carbocycles.